The summed E-state index contributed by atoms with van der Waals surface area (Å²) in [6.45, 7) is 10.1. The number of hydrogen-bond acceptors (Lipinski definition) is 2. The molecule has 0 radical (unpaired) electrons. The Kier molecular flexibility index (Phi) is 2.35. The van der Waals surface area contributed by atoms with Crippen LogP contribution in [0.4, 0.5) is 0 Å². The summed E-state index contributed by atoms with van der Waals surface area (Å²) in [4.78, 5) is 4.34. The van der Waals surface area contributed by atoms with E-state index in [-0.39, 0.29) is 0 Å². The summed E-state index contributed by atoms with van der Waals surface area (Å²) < 4.78 is 5.53. The lowest BCUT2D eigenvalue weighted by molar-refractivity contribution is 0.565. The molecule has 2 heterocycles. The van der Waals surface area contributed by atoms with Crippen LogP contribution in [0.5, 0.6) is 0 Å². The van der Waals surface area contributed by atoms with Gasteiger partial charge in [-0.15, -0.1) is 0 Å². The molecule has 0 aliphatic carbocycles. The van der Waals surface area contributed by atoms with Crippen LogP contribution in [-0.4, -0.2) is 4.98 Å². The summed E-state index contributed by atoms with van der Waals surface area (Å²) in [6, 6.07) is 4.04. The Hall–Kier alpha value is -1.57. The van der Waals surface area contributed by atoms with E-state index in [1.807, 2.05) is 19.1 Å². The maximum absolute atomic E-state index is 5.53. The van der Waals surface area contributed by atoms with E-state index < -0.39 is 0 Å². The molecule has 0 saturated carbocycles. The van der Waals surface area contributed by atoms with Crippen LogP contribution in [0.15, 0.2) is 16.5 Å². The standard InChI is InChI=1S/C13H15NO/c1-8(2)7-12-10(4)15-13-11(12)6-5-9(3)14-13/h5-8H,4H2,1-3H3/b12-7+. The first-order valence-corrected chi connectivity index (χ1v) is 5.15. The minimum absolute atomic E-state index is 0.479. The van der Waals surface area contributed by atoms with Crippen LogP contribution in [0, 0.1) is 12.8 Å². The molecule has 0 aliphatic heterocycles. The van der Waals surface area contributed by atoms with Crippen LogP contribution < -0.4 is 10.6 Å². The van der Waals surface area contributed by atoms with Crippen molar-refractivity contribution in [2.45, 2.75) is 20.8 Å². The lowest BCUT2D eigenvalue weighted by Crippen LogP contribution is -2.18. The number of nitrogens with zero attached hydrogens (tertiary/aromatic N) is 1. The first-order valence-electron chi connectivity index (χ1n) is 5.15. The number of hydrogen-bond donors (Lipinski definition) is 0. The highest BCUT2D eigenvalue weighted by Crippen LogP contribution is 2.06. The number of aryl methyl sites for hydroxylation is 1. The van der Waals surface area contributed by atoms with Crippen molar-refractivity contribution in [2.24, 2.45) is 5.92 Å². The summed E-state index contributed by atoms with van der Waals surface area (Å²) in [7, 11) is 0. The largest absolute Gasteiger partial charge is 0.438 e. The zero-order chi connectivity index (χ0) is 11.0. The van der Waals surface area contributed by atoms with E-state index in [1.54, 1.807) is 0 Å². The molecule has 0 saturated heterocycles. The fourth-order valence-electron chi connectivity index (χ4n) is 1.65. The zero-order valence-corrected chi connectivity index (χ0v) is 9.37. The van der Waals surface area contributed by atoms with E-state index in [1.165, 1.54) is 0 Å². The number of aromatic nitrogens is 1. The predicted octanol–water partition coefficient (Wildman–Crippen LogP) is 1.98. The van der Waals surface area contributed by atoms with Crippen molar-refractivity contribution in [1.82, 2.24) is 4.98 Å². The molecule has 2 rings (SSSR count). The van der Waals surface area contributed by atoms with Crippen molar-refractivity contribution in [3.63, 3.8) is 0 Å². The van der Waals surface area contributed by atoms with Gasteiger partial charge in [-0.2, -0.15) is 0 Å². The maximum Gasteiger partial charge on any atom is 0.227 e. The van der Waals surface area contributed by atoms with Gasteiger partial charge in [0.1, 0.15) is 5.42 Å². The fourth-order valence-corrected chi connectivity index (χ4v) is 1.65. The minimum atomic E-state index is 0.479. The second-order valence-electron chi connectivity index (χ2n) is 4.15. The number of pyridine rings is 1. The molecule has 0 aliphatic rings. The molecule has 0 bridgehead atoms. The van der Waals surface area contributed by atoms with Gasteiger partial charge >= 0.3 is 0 Å². The van der Waals surface area contributed by atoms with Crippen molar-refractivity contribution in [3.05, 3.63) is 28.5 Å². The zero-order valence-electron chi connectivity index (χ0n) is 9.37. The fraction of sp³-hybridized carbons (Fsp3) is 0.308. The summed E-state index contributed by atoms with van der Waals surface area (Å²) in [5, 5.41) is 2.13. The molecule has 0 amide bonds. The quantitative estimate of drug-likeness (QED) is 0.705. The molecular weight excluding hydrogens is 186 g/mol. The summed E-state index contributed by atoms with van der Waals surface area (Å²) in [5.41, 5.74) is 2.36. The van der Waals surface area contributed by atoms with Crippen molar-refractivity contribution in [1.29, 1.82) is 0 Å². The first-order chi connectivity index (χ1) is 7.08. The smallest absolute Gasteiger partial charge is 0.227 e. The minimum Gasteiger partial charge on any atom is -0.438 e. The van der Waals surface area contributed by atoms with E-state index in [0.29, 0.717) is 17.0 Å². The van der Waals surface area contributed by atoms with Gasteiger partial charge in [0, 0.05) is 16.3 Å². The van der Waals surface area contributed by atoms with Gasteiger partial charge in [0.15, 0.2) is 0 Å². The highest BCUT2D eigenvalue weighted by molar-refractivity contribution is 5.75. The van der Waals surface area contributed by atoms with E-state index in [4.69, 9.17) is 4.42 Å². The molecule has 2 heteroatoms. The van der Waals surface area contributed by atoms with Gasteiger partial charge in [-0.3, -0.25) is 0 Å². The van der Waals surface area contributed by atoms with Gasteiger partial charge < -0.3 is 4.42 Å². The van der Waals surface area contributed by atoms with Crippen molar-refractivity contribution >= 4 is 23.8 Å². The van der Waals surface area contributed by atoms with Crippen molar-refractivity contribution < 1.29 is 4.42 Å². The second kappa shape index (κ2) is 3.54. The van der Waals surface area contributed by atoms with Crippen LogP contribution in [0.2, 0.25) is 0 Å². The normalized spacial score (nSPS) is 12.9. The molecule has 0 atom stereocenters. The molecule has 0 fully saturated rings. The molecule has 78 valence electrons. The third-order valence-electron chi connectivity index (χ3n) is 2.31. The SMILES string of the molecule is C=c1oc2nc(C)ccc2/c1=C/C(C)C. The van der Waals surface area contributed by atoms with Gasteiger partial charge in [0.05, 0.1) is 0 Å². The van der Waals surface area contributed by atoms with Gasteiger partial charge in [0.2, 0.25) is 5.71 Å². The Balaban J connectivity index is 2.86. The van der Waals surface area contributed by atoms with Crippen molar-refractivity contribution in [3.8, 4) is 0 Å². The molecule has 0 spiro atoms. The lowest BCUT2D eigenvalue weighted by Gasteiger charge is -1.92. The molecule has 0 unspecified atom stereocenters. The van der Waals surface area contributed by atoms with Crippen LogP contribution in [0.3, 0.4) is 0 Å². The van der Waals surface area contributed by atoms with Crippen LogP contribution >= 0.6 is 0 Å². The predicted molar refractivity (Wildman–Crippen MR) is 62.8 cm³/mol. The third kappa shape index (κ3) is 1.80. The summed E-state index contributed by atoms with van der Waals surface area (Å²) in [5.74, 6) is 0.479. The Morgan fingerprint density at radius 2 is 2.13 bits per heavy atom. The third-order valence-corrected chi connectivity index (χ3v) is 2.31. The van der Waals surface area contributed by atoms with E-state index in [9.17, 15) is 0 Å². The van der Waals surface area contributed by atoms with Crippen molar-refractivity contribution in [2.75, 3.05) is 0 Å². The lowest BCUT2D eigenvalue weighted by atomic mass is 10.1. The monoisotopic (exact) mass is 201 g/mol. The molecule has 2 nitrogen and oxygen atoms in total. The highest BCUT2D eigenvalue weighted by Gasteiger charge is 2.03. The Bertz CT molecular complexity index is 593. The second-order valence-corrected chi connectivity index (χ2v) is 4.15. The molecular formula is C13H15NO. The van der Waals surface area contributed by atoms with Gasteiger partial charge in [-0.1, -0.05) is 26.5 Å². The molecule has 2 aromatic rings. The van der Waals surface area contributed by atoms with E-state index in [0.717, 1.165) is 16.3 Å². The molecule has 0 N–H and O–H groups in total. The van der Waals surface area contributed by atoms with Crippen LogP contribution in [0.1, 0.15) is 19.5 Å². The Morgan fingerprint density at radius 3 is 2.80 bits per heavy atom. The van der Waals surface area contributed by atoms with Crippen LogP contribution in [-0.2, 0) is 0 Å². The van der Waals surface area contributed by atoms with Gasteiger partial charge in [-0.25, -0.2) is 4.98 Å². The van der Waals surface area contributed by atoms with E-state index in [2.05, 4.69) is 31.5 Å². The van der Waals surface area contributed by atoms with Crippen LogP contribution in [0.25, 0.3) is 23.8 Å². The summed E-state index contributed by atoms with van der Waals surface area (Å²) >= 11 is 0. The molecule has 15 heavy (non-hydrogen) atoms. The van der Waals surface area contributed by atoms with E-state index >= 15 is 0 Å². The average Bonchev–Trinajstić information content (AvgIpc) is 2.41. The van der Waals surface area contributed by atoms with Gasteiger partial charge in [-0.05, 0) is 25.0 Å². The Morgan fingerprint density at radius 1 is 1.40 bits per heavy atom. The first kappa shape index (κ1) is 9.97. The number of furan rings is 1. The highest BCUT2D eigenvalue weighted by atomic mass is 16.3. The average molecular weight is 201 g/mol. The summed E-state index contributed by atoms with van der Waals surface area (Å²) in [6.07, 6.45) is 2.16. The Labute approximate surface area is 88.9 Å². The molecule has 0 aromatic carbocycles. The number of fused-ring (bicyclic) bond motifs is 1. The molecule has 2 aromatic heterocycles. The number of rotatable bonds is 1. The van der Waals surface area contributed by atoms with Gasteiger partial charge in [0.25, 0.3) is 0 Å². The topological polar surface area (TPSA) is 26.0 Å². The maximum atomic E-state index is 5.53.